The summed E-state index contributed by atoms with van der Waals surface area (Å²) < 4.78 is 38.4. The maximum absolute atomic E-state index is 13.3. The van der Waals surface area contributed by atoms with Crippen LogP contribution in [0.5, 0.6) is 11.5 Å². The second-order valence-corrected chi connectivity index (χ2v) is 7.71. The Morgan fingerprint density at radius 1 is 1.12 bits per heavy atom. The molecule has 26 heavy (non-hydrogen) atoms. The summed E-state index contributed by atoms with van der Waals surface area (Å²) in [7, 11) is -2.60. The fourth-order valence-corrected chi connectivity index (χ4v) is 4.64. The van der Waals surface area contributed by atoms with Crippen molar-refractivity contribution in [2.75, 3.05) is 24.6 Å². The van der Waals surface area contributed by atoms with E-state index in [1.54, 1.807) is 24.3 Å². The Hall–Kier alpha value is -1.89. The van der Waals surface area contributed by atoms with Gasteiger partial charge in [-0.15, -0.1) is 6.58 Å². The molecule has 0 heterocycles. The first-order valence-electron chi connectivity index (χ1n) is 7.75. The molecule has 0 aliphatic heterocycles. The first-order valence-corrected chi connectivity index (χ1v) is 9.95. The summed E-state index contributed by atoms with van der Waals surface area (Å²) in [6.07, 6.45) is 1.49. The van der Waals surface area contributed by atoms with Crippen molar-refractivity contribution in [1.29, 1.82) is 0 Å². The highest BCUT2D eigenvalue weighted by molar-refractivity contribution is 7.93. The summed E-state index contributed by atoms with van der Waals surface area (Å²) in [4.78, 5) is -0.127. The van der Waals surface area contributed by atoms with Crippen LogP contribution in [0, 0.1) is 0 Å². The molecule has 0 saturated heterocycles. The SMILES string of the molecule is C=CCN(c1ccccc1OCC)S(=O)(=O)c1ccc(OC)c(Cl)c1Cl. The smallest absolute Gasteiger partial charge is 0.266 e. The van der Waals surface area contributed by atoms with Gasteiger partial charge in [-0.1, -0.05) is 41.4 Å². The lowest BCUT2D eigenvalue weighted by Gasteiger charge is -2.26. The number of halogens is 2. The van der Waals surface area contributed by atoms with Crippen molar-refractivity contribution in [3.63, 3.8) is 0 Å². The molecule has 0 fully saturated rings. The quantitative estimate of drug-likeness (QED) is 0.581. The fourth-order valence-electron chi connectivity index (χ4n) is 2.37. The lowest BCUT2D eigenvalue weighted by Crippen LogP contribution is -2.31. The molecule has 2 rings (SSSR count). The number of para-hydroxylation sites is 2. The third kappa shape index (κ3) is 3.92. The highest BCUT2D eigenvalue weighted by Gasteiger charge is 2.30. The molecule has 0 aromatic heterocycles. The van der Waals surface area contributed by atoms with Crippen LogP contribution in [-0.2, 0) is 10.0 Å². The van der Waals surface area contributed by atoms with Crippen molar-refractivity contribution in [2.24, 2.45) is 0 Å². The molecule has 0 spiro atoms. The molecule has 0 unspecified atom stereocenters. The molecule has 0 aliphatic carbocycles. The molecule has 0 saturated carbocycles. The second kappa shape index (κ2) is 8.66. The summed E-state index contributed by atoms with van der Waals surface area (Å²) in [6.45, 7) is 5.90. The molecule has 0 bridgehead atoms. The van der Waals surface area contributed by atoms with Crippen molar-refractivity contribution in [3.8, 4) is 11.5 Å². The Kier molecular flexibility index (Phi) is 6.81. The Labute approximate surface area is 163 Å². The summed E-state index contributed by atoms with van der Waals surface area (Å²) in [5, 5.41) is -0.0687. The Morgan fingerprint density at radius 3 is 2.42 bits per heavy atom. The van der Waals surface area contributed by atoms with Crippen molar-refractivity contribution >= 4 is 38.9 Å². The molecular formula is C18H19Cl2NO4S. The molecule has 0 atom stereocenters. The Bertz CT molecular complexity index is 900. The highest BCUT2D eigenvalue weighted by Crippen LogP contribution is 2.40. The van der Waals surface area contributed by atoms with E-state index in [2.05, 4.69) is 6.58 Å². The van der Waals surface area contributed by atoms with Crippen LogP contribution >= 0.6 is 23.2 Å². The van der Waals surface area contributed by atoms with Crippen molar-refractivity contribution in [2.45, 2.75) is 11.8 Å². The average molecular weight is 416 g/mol. The molecule has 0 N–H and O–H groups in total. The van der Waals surface area contributed by atoms with Gasteiger partial charge in [-0.05, 0) is 31.2 Å². The number of sulfonamides is 1. The molecule has 140 valence electrons. The van der Waals surface area contributed by atoms with Crippen LogP contribution in [0.4, 0.5) is 5.69 Å². The third-order valence-corrected chi connectivity index (χ3v) is 6.33. The molecule has 0 radical (unpaired) electrons. The number of benzene rings is 2. The molecule has 0 amide bonds. The van der Waals surface area contributed by atoms with Gasteiger partial charge in [0.2, 0.25) is 0 Å². The van der Waals surface area contributed by atoms with E-state index in [4.69, 9.17) is 32.7 Å². The maximum atomic E-state index is 13.3. The van der Waals surface area contributed by atoms with E-state index in [0.29, 0.717) is 23.8 Å². The summed E-state index contributed by atoms with van der Waals surface area (Å²) >= 11 is 12.3. The van der Waals surface area contributed by atoms with Gasteiger partial charge in [0.25, 0.3) is 10.0 Å². The van der Waals surface area contributed by atoms with Gasteiger partial charge in [0.1, 0.15) is 21.4 Å². The second-order valence-electron chi connectivity index (χ2n) is 5.12. The van der Waals surface area contributed by atoms with Gasteiger partial charge in [-0.2, -0.15) is 0 Å². The van der Waals surface area contributed by atoms with Crippen LogP contribution < -0.4 is 13.8 Å². The monoisotopic (exact) mass is 415 g/mol. The first kappa shape index (κ1) is 20.4. The number of methoxy groups -OCH3 is 1. The van der Waals surface area contributed by atoms with Gasteiger partial charge in [0.05, 0.1) is 31.0 Å². The minimum absolute atomic E-state index is 0.0341. The summed E-state index contributed by atoms with van der Waals surface area (Å²) in [6, 6.07) is 9.68. The largest absolute Gasteiger partial charge is 0.495 e. The van der Waals surface area contributed by atoms with Gasteiger partial charge in [-0.25, -0.2) is 8.42 Å². The third-order valence-electron chi connectivity index (χ3n) is 3.53. The zero-order valence-corrected chi connectivity index (χ0v) is 16.7. The van der Waals surface area contributed by atoms with Gasteiger partial charge < -0.3 is 9.47 Å². The molecule has 2 aromatic rings. The van der Waals surface area contributed by atoms with Crippen molar-refractivity contribution in [1.82, 2.24) is 0 Å². The summed E-state index contributed by atoms with van der Waals surface area (Å²) in [5.74, 6) is 0.733. The molecule has 0 aliphatic rings. The number of anilines is 1. The van der Waals surface area contributed by atoms with Gasteiger partial charge in [0, 0.05) is 0 Å². The number of nitrogens with zero attached hydrogens (tertiary/aromatic N) is 1. The van der Waals surface area contributed by atoms with E-state index in [1.807, 2.05) is 6.92 Å². The van der Waals surface area contributed by atoms with Crippen LogP contribution in [0.25, 0.3) is 0 Å². The van der Waals surface area contributed by atoms with Crippen LogP contribution in [-0.4, -0.2) is 28.7 Å². The standard InChI is InChI=1S/C18H19Cl2NO4S/c1-4-12-21(13-8-6-7-9-14(13)25-5-2)26(22,23)16-11-10-15(24-3)17(19)18(16)20/h4,6-11H,1,5,12H2,2-3H3. The van der Waals surface area contributed by atoms with Gasteiger partial charge in [0.15, 0.2) is 0 Å². The molecule has 5 nitrogen and oxygen atoms in total. The van der Waals surface area contributed by atoms with Crippen molar-refractivity contribution in [3.05, 3.63) is 59.1 Å². The lowest BCUT2D eigenvalue weighted by molar-refractivity contribution is 0.341. The van der Waals surface area contributed by atoms with E-state index in [1.165, 1.54) is 29.6 Å². The normalized spacial score (nSPS) is 11.1. The van der Waals surface area contributed by atoms with Crippen LogP contribution in [0.3, 0.4) is 0 Å². The maximum Gasteiger partial charge on any atom is 0.266 e. The minimum atomic E-state index is -4.03. The van der Waals surface area contributed by atoms with Crippen LogP contribution in [0.2, 0.25) is 10.0 Å². The molecule has 8 heteroatoms. The number of hydrogen-bond acceptors (Lipinski definition) is 4. The Morgan fingerprint density at radius 2 is 1.81 bits per heavy atom. The predicted molar refractivity (Wildman–Crippen MR) is 105 cm³/mol. The van der Waals surface area contributed by atoms with Gasteiger partial charge in [-0.3, -0.25) is 4.31 Å². The summed E-state index contributed by atoms with van der Waals surface area (Å²) in [5.41, 5.74) is 0.386. The van der Waals surface area contributed by atoms with Crippen LogP contribution in [0.15, 0.2) is 53.9 Å². The zero-order chi connectivity index (χ0) is 19.3. The van der Waals surface area contributed by atoms with Gasteiger partial charge >= 0.3 is 0 Å². The average Bonchev–Trinajstić information content (AvgIpc) is 2.62. The van der Waals surface area contributed by atoms with E-state index >= 15 is 0 Å². The predicted octanol–water partition coefficient (Wildman–Crippen LogP) is 4.78. The van der Waals surface area contributed by atoms with E-state index in [0.717, 1.165) is 0 Å². The number of hydrogen-bond donors (Lipinski definition) is 0. The molecular weight excluding hydrogens is 397 g/mol. The van der Waals surface area contributed by atoms with Crippen molar-refractivity contribution < 1.29 is 17.9 Å². The van der Waals surface area contributed by atoms with E-state index < -0.39 is 10.0 Å². The fraction of sp³-hybridized carbons (Fsp3) is 0.222. The minimum Gasteiger partial charge on any atom is -0.495 e. The van der Waals surface area contributed by atoms with Crippen LogP contribution in [0.1, 0.15) is 6.92 Å². The highest BCUT2D eigenvalue weighted by atomic mass is 35.5. The zero-order valence-electron chi connectivity index (χ0n) is 14.4. The van der Waals surface area contributed by atoms with E-state index in [-0.39, 0.29) is 21.5 Å². The lowest BCUT2D eigenvalue weighted by atomic mass is 10.3. The first-order chi connectivity index (χ1) is 12.4. The Balaban J connectivity index is 2.64. The van der Waals surface area contributed by atoms with E-state index in [9.17, 15) is 8.42 Å². The molecule has 2 aromatic carbocycles. The number of ether oxygens (including phenoxy) is 2. The number of rotatable bonds is 8. The topological polar surface area (TPSA) is 55.8 Å².